The number of carbonyl (C=O) groups is 3. The van der Waals surface area contributed by atoms with Crippen molar-refractivity contribution in [1.29, 1.82) is 0 Å². The van der Waals surface area contributed by atoms with Crippen molar-refractivity contribution >= 4 is 69.1 Å². The van der Waals surface area contributed by atoms with Gasteiger partial charge < -0.3 is 26.4 Å². The number of halogens is 2. The van der Waals surface area contributed by atoms with E-state index in [0.717, 1.165) is 93.1 Å². The largest absolute Gasteiger partial charge is 0.481 e. The number of rotatable bonds is 13. The first-order valence-corrected chi connectivity index (χ1v) is 21.2. The average molecular weight is 834 g/mol. The van der Waals surface area contributed by atoms with E-state index in [4.69, 9.17) is 28.2 Å². The number of aliphatic carboxylic acids is 1. The molecule has 5 aromatic rings. The van der Waals surface area contributed by atoms with E-state index >= 15 is 0 Å². The predicted octanol–water partition coefficient (Wildman–Crippen LogP) is 8.15. The van der Waals surface area contributed by atoms with Crippen LogP contribution in [0.2, 0.25) is 10.0 Å². The number of carboxylic acids is 1. The lowest BCUT2D eigenvalue weighted by Gasteiger charge is -2.33. The van der Waals surface area contributed by atoms with E-state index in [2.05, 4.69) is 42.2 Å². The van der Waals surface area contributed by atoms with Gasteiger partial charge in [0.05, 0.1) is 26.8 Å². The van der Waals surface area contributed by atoms with Gasteiger partial charge >= 0.3 is 5.97 Å². The molecular formula is C45H46Cl2N8O4. The van der Waals surface area contributed by atoms with Crippen LogP contribution in [0.25, 0.3) is 22.0 Å². The van der Waals surface area contributed by atoms with Crippen LogP contribution in [0.1, 0.15) is 78.5 Å². The fourth-order valence-corrected chi connectivity index (χ4v) is 10.2. The Balaban J connectivity index is 0.843. The molecule has 0 spiro atoms. The van der Waals surface area contributed by atoms with Crippen LogP contribution in [0.15, 0.2) is 73.2 Å². The number of nitrogens with one attached hydrogen (secondary N) is 4. The number of fused-ring (bicyclic) bond motifs is 4. The van der Waals surface area contributed by atoms with Gasteiger partial charge in [0.25, 0.3) is 5.91 Å². The van der Waals surface area contributed by atoms with Gasteiger partial charge in [-0.25, -0.2) is 4.98 Å². The number of hydrogen-bond acceptors (Lipinski definition) is 9. The molecule has 304 valence electrons. The first-order chi connectivity index (χ1) is 28.6. The number of benzene rings is 2. The lowest BCUT2D eigenvalue weighted by atomic mass is 9.80. The van der Waals surface area contributed by atoms with Gasteiger partial charge in [0.15, 0.2) is 5.82 Å². The van der Waals surface area contributed by atoms with Crippen LogP contribution < -0.4 is 21.3 Å². The van der Waals surface area contributed by atoms with Crippen molar-refractivity contribution in [2.75, 3.05) is 30.3 Å². The number of hydrogen-bond donors (Lipinski definition) is 5. The fourth-order valence-electron chi connectivity index (χ4n) is 9.67. The van der Waals surface area contributed by atoms with Crippen LogP contribution in [-0.4, -0.2) is 68.4 Å². The number of pyridine rings is 3. The molecule has 2 amide bonds. The number of nitrogens with zero attached hydrogens (tertiary/aromatic N) is 4. The van der Waals surface area contributed by atoms with Crippen LogP contribution in [0, 0.1) is 10.8 Å². The second kappa shape index (κ2) is 16.1. The zero-order chi connectivity index (χ0) is 40.7. The number of aromatic nitrogens is 3. The van der Waals surface area contributed by atoms with Gasteiger partial charge in [-0.15, -0.1) is 0 Å². The Bertz CT molecular complexity index is 2470. The lowest BCUT2D eigenvalue weighted by molar-refractivity contribution is -0.148. The summed E-state index contributed by atoms with van der Waals surface area (Å²) >= 11 is 14.0. The highest BCUT2D eigenvalue weighted by atomic mass is 35.5. The average Bonchev–Trinajstić information content (AvgIpc) is 3.96. The molecule has 5 N–H and O–H groups in total. The van der Waals surface area contributed by atoms with Crippen molar-refractivity contribution in [2.24, 2.45) is 10.8 Å². The maximum absolute atomic E-state index is 13.6. The molecule has 2 aliphatic heterocycles. The summed E-state index contributed by atoms with van der Waals surface area (Å²) in [6.07, 6.45) is 13.1. The summed E-state index contributed by atoms with van der Waals surface area (Å²) in [5.74, 6) is -0.308. The molecule has 0 unspecified atom stereocenters. The highest BCUT2D eigenvalue weighted by Crippen LogP contribution is 2.63. The number of carbonyl (C=O) groups excluding carboxylic acids is 2. The van der Waals surface area contributed by atoms with Crippen molar-refractivity contribution in [3.8, 4) is 11.1 Å². The van der Waals surface area contributed by atoms with Gasteiger partial charge in [0, 0.05) is 73.7 Å². The molecule has 0 radical (unpaired) electrons. The quantitative estimate of drug-likeness (QED) is 0.0783. The number of carboxylic acid groups (broad SMARTS) is 1. The monoisotopic (exact) mass is 832 g/mol. The summed E-state index contributed by atoms with van der Waals surface area (Å²) in [4.78, 5) is 53.3. The third-order valence-electron chi connectivity index (χ3n) is 13.0. The van der Waals surface area contributed by atoms with E-state index in [1.807, 2.05) is 54.9 Å². The second-order valence-electron chi connectivity index (χ2n) is 16.8. The Morgan fingerprint density at radius 1 is 0.915 bits per heavy atom. The van der Waals surface area contributed by atoms with Gasteiger partial charge in [-0.05, 0) is 110 Å². The third kappa shape index (κ3) is 7.98. The van der Waals surface area contributed by atoms with E-state index in [1.165, 1.54) is 0 Å². The number of anilines is 3. The summed E-state index contributed by atoms with van der Waals surface area (Å²) in [6.45, 7) is 3.92. The molecule has 3 fully saturated rings. The van der Waals surface area contributed by atoms with E-state index in [-0.39, 0.29) is 23.3 Å². The zero-order valence-corrected chi connectivity index (χ0v) is 34.1. The van der Waals surface area contributed by atoms with Crippen molar-refractivity contribution in [1.82, 2.24) is 30.5 Å². The van der Waals surface area contributed by atoms with Gasteiger partial charge in [0.1, 0.15) is 11.2 Å². The summed E-state index contributed by atoms with van der Waals surface area (Å²) < 4.78 is 0. The van der Waals surface area contributed by atoms with Gasteiger partial charge in [-0.2, -0.15) is 0 Å². The van der Waals surface area contributed by atoms with Crippen LogP contribution in [0.5, 0.6) is 0 Å². The smallest absolute Gasteiger partial charge is 0.309 e. The summed E-state index contributed by atoms with van der Waals surface area (Å²) in [5, 5.41) is 24.2. The molecule has 12 nitrogen and oxygen atoms in total. The molecule has 2 bridgehead atoms. The van der Waals surface area contributed by atoms with E-state index in [9.17, 15) is 19.5 Å². The predicted molar refractivity (Wildman–Crippen MR) is 229 cm³/mol. The van der Waals surface area contributed by atoms with E-state index < -0.39 is 11.4 Å². The maximum atomic E-state index is 13.6. The molecule has 5 heterocycles. The van der Waals surface area contributed by atoms with Crippen molar-refractivity contribution in [3.63, 3.8) is 0 Å². The Morgan fingerprint density at radius 2 is 1.69 bits per heavy atom. The lowest BCUT2D eigenvalue weighted by Crippen LogP contribution is -2.35. The first kappa shape index (κ1) is 39.3. The summed E-state index contributed by atoms with van der Waals surface area (Å²) in [5.41, 5.74) is 6.33. The number of amides is 2. The molecule has 1 atom stereocenters. The topological polar surface area (TPSA) is 161 Å². The Hall–Kier alpha value is -5.14. The first-order valence-electron chi connectivity index (χ1n) is 20.4. The highest BCUT2D eigenvalue weighted by molar-refractivity contribution is 6.39. The molecule has 9 rings (SSSR count). The van der Waals surface area contributed by atoms with Crippen molar-refractivity contribution in [2.45, 2.75) is 76.9 Å². The molecule has 2 aromatic carbocycles. The van der Waals surface area contributed by atoms with Crippen molar-refractivity contribution < 1.29 is 19.5 Å². The summed E-state index contributed by atoms with van der Waals surface area (Å²) in [6, 6.07) is 17.1. The summed E-state index contributed by atoms with van der Waals surface area (Å²) in [7, 11) is 0. The van der Waals surface area contributed by atoms with Crippen LogP contribution in [-0.2, 0) is 29.1 Å². The van der Waals surface area contributed by atoms with Gasteiger partial charge in [0.2, 0.25) is 5.91 Å². The van der Waals surface area contributed by atoms with E-state index in [1.54, 1.807) is 12.3 Å². The third-order valence-corrected chi connectivity index (χ3v) is 13.9. The maximum Gasteiger partial charge on any atom is 0.309 e. The van der Waals surface area contributed by atoms with Gasteiger partial charge in [-0.1, -0.05) is 47.5 Å². The van der Waals surface area contributed by atoms with E-state index in [0.29, 0.717) is 69.1 Å². The molecule has 1 saturated heterocycles. The molecule has 2 saturated carbocycles. The fraction of sp³-hybridized carbons (Fsp3) is 0.378. The molecule has 3 aromatic heterocycles. The van der Waals surface area contributed by atoms with Crippen LogP contribution in [0.4, 0.5) is 17.2 Å². The molecule has 2 aliphatic carbocycles. The normalized spacial score (nSPS) is 22.3. The van der Waals surface area contributed by atoms with Crippen molar-refractivity contribution in [3.05, 3.63) is 106 Å². The Labute approximate surface area is 352 Å². The Morgan fingerprint density at radius 3 is 2.44 bits per heavy atom. The minimum Gasteiger partial charge on any atom is -0.481 e. The van der Waals surface area contributed by atoms with Crippen LogP contribution in [0.3, 0.4) is 0 Å². The molecule has 14 heteroatoms. The molecule has 59 heavy (non-hydrogen) atoms. The minimum atomic E-state index is -0.615. The molecular weight excluding hydrogens is 787 g/mol. The zero-order valence-electron chi connectivity index (χ0n) is 32.6. The SMILES string of the molecule is O=C1CC[C@@H](CNCc2cnc3c(Nc4cccc(-c5cccc(NC(=O)c6cc7c(cn6)CN(CCC68CCC(C(=O)O)(CC6)C8)CC7)c5Cl)c4Cl)nccc3c2)N1. The standard InChI is InChI=1S/C45H46Cl2N8O4/c46-38-32(3-1-5-34(38)53-41-40-29(9-16-49-41)19-27(22-51-40)21-48-24-31-7-8-37(56)52-31)33-4-2-6-35(39(33)47)54-42(57)36-20-28-10-17-55(25-30(28)23-50-36)18-15-44-11-13-45(26-44,14-12-44)43(58)59/h1-6,9,16,19-20,22-23,31,48H,7-8,10-15,17-18,21,24-26H2,(H,49,53)(H,52,56)(H,54,57)(H,58,59)/t31-,44?,45?/m0/s1. The van der Waals surface area contributed by atoms with Crippen LogP contribution >= 0.6 is 23.2 Å². The Kier molecular flexibility index (Phi) is 10.8. The van der Waals surface area contributed by atoms with Gasteiger partial charge in [-0.3, -0.25) is 29.3 Å². The minimum absolute atomic E-state index is 0.105. The molecule has 4 aliphatic rings. The highest BCUT2D eigenvalue weighted by Gasteiger charge is 2.57. The second-order valence-corrected chi connectivity index (χ2v) is 17.6.